The third-order valence-corrected chi connectivity index (χ3v) is 4.74. The molecule has 1 saturated carbocycles. The van der Waals surface area contributed by atoms with E-state index in [0.29, 0.717) is 17.7 Å². The summed E-state index contributed by atoms with van der Waals surface area (Å²) in [5, 5.41) is 0. The monoisotopic (exact) mass is 276 g/mol. The van der Waals surface area contributed by atoms with E-state index < -0.39 is 22.5 Å². The Balaban J connectivity index is 1.99. The smallest absolute Gasteiger partial charge is 0.248 e. The molecule has 5 heteroatoms. The quantitative estimate of drug-likeness (QED) is 0.821. The van der Waals surface area contributed by atoms with Crippen molar-refractivity contribution in [3.8, 4) is 0 Å². The summed E-state index contributed by atoms with van der Waals surface area (Å²) in [5.74, 6) is -3.12. The van der Waals surface area contributed by atoms with Crippen LogP contribution in [0.2, 0.25) is 0 Å². The van der Waals surface area contributed by atoms with E-state index in [-0.39, 0.29) is 24.5 Å². The first-order chi connectivity index (χ1) is 8.46. The molecule has 1 aromatic rings. The third-order valence-electron chi connectivity index (χ3n) is 3.19. The van der Waals surface area contributed by atoms with Gasteiger partial charge in [-0.2, -0.15) is 0 Å². The maximum atomic E-state index is 13.2. The molecule has 0 aromatic heterocycles. The number of alkyl halides is 2. The first-order valence-corrected chi connectivity index (χ1v) is 7.30. The molecule has 1 fully saturated rings. The Morgan fingerprint density at radius 2 is 2.17 bits per heavy atom. The normalized spacial score (nSPS) is 24.7. The first-order valence-electron chi connectivity index (χ1n) is 5.98. The summed E-state index contributed by atoms with van der Waals surface area (Å²) in [4.78, 5) is 0.379. The summed E-state index contributed by atoms with van der Waals surface area (Å²) in [5.41, 5.74) is 0. The fourth-order valence-electron chi connectivity index (χ4n) is 2.34. The van der Waals surface area contributed by atoms with Crippen LogP contribution in [0.3, 0.4) is 0 Å². The minimum absolute atomic E-state index is 0.0733. The van der Waals surface area contributed by atoms with Crippen LogP contribution < -0.4 is 0 Å². The molecule has 1 aliphatic rings. The summed E-state index contributed by atoms with van der Waals surface area (Å²) < 4.78 is 51.4. The summed E-state index contributed by atoms with van der Waals surface area (Å²) in [6.45, 7) is 0. The van der Waals surface area contributed by atoms with Crippen LogP contribution in [0.25, 0.3) is 0 Å². The van der Waals surface area contributed by atoms with Gasteiger partial charge in [-0.25, -0.2) is 13.2 Å². The van der Waals surface area contributed by atoms with Crippen molar-refractivity contribution in [2.75, 3.05) is 5.75 Å². The average molecular weight is 276 g/mol. The summed E-state index contributed by atoms with van der Waals surface area (Å²) >= 11 is 0. The van der Waals surface area contributed by atoms with Gasteiger partial charge in [0.25, 0.3) is 0 Å². The number of hydrogen-bond donors (Lipinski definition) is 0. The Kier molecular flexibility index (Phi) is 4.10. The number of rotatable bonds is 3. The van der Waals surface area contributed by atoms with Crippen LogP contribution in [-0.2, 0) is 10.8 Å². The summed E-state index contributed by atoms with van der Waals surface area (Å²) in [6, 6.07) is 5.53. The molecule has 0 radical (unpaired) electrons. The minimum atomic E-state index is -2.63. The Labute approximate surface area is 107 Å². The van der Waals surface area contributed by atoms with Crippen LogP contribution in [0.15, 0.2) is 29.2 Å². The van der Waals surface area contributed by atoms with Gasteiger partial charge >= 0.3 is 0 Å². The SMILES string of the molecule is O=S(CC1CCCC(F)(F)C1)c1cccc(F)c1. The lowest BCUT2D eigenvalue weighted by Crippen LogP contribution is -2.28. The minimum Gasteiger partial charge on any atom is -0.254 e. The molecule has 2 rings (SSSR count). The molecule has 0 N–H and O–H groups in total. The van der Waals surface area contributed by atoms with E-state index in [1.807, 2.05) is 0 Å². The molecule has 100 valence electrons. The van der Waals surface area contributed by atoms with Crippen LogP contribution in [-0.4, -0.2) is 15.9 Å². The molecule has 0 spiro atoms. The van der Waals surface area contributed by atoms with Gasteiger partial charge in [0, 0.05) is 23.5 Å². The molecule has 1 aliphatic carbocycles. The lowest BCUT2D eigenvalue weighted by molar-refractivity contribution is -0.0488. The van der Waals surface area contributed by atoms with E-state index in [0.717, 1.165) is 0 Å². The van der Waals surface area contributed by atoms with E-state index in [9.17, 15) is 17.4 Å². The van der Waals surface area contributed by atoms with Crippen LogP contribution in [0, 0.1) is 11.7 Å². The van der Waals surface area contributed by atoms with Gasteiger partial charge in [-0.15, -0.1) is 0 Å². The first kappa shape index (κ1) is 13.6. The van der Waals surface area contributed by atoms with Crippen LogP contribution in [0.5, 0.6) is 0 Å². The maximum Gasteiger partial charge on any atom is 0.248 e. The molecule has 1 aromatic carbocycles. The molecule has 0 aliphatic heterocycles. The van der Waals surface area contributed by atoms with Gasteiger partial charge in [-0.3, -0.25) is 4.21 Å². The van der Waals surface area contributed by atoms with Gasteiger partial charge < -0.3 is 0 Å². The molecule has 0 amide bonds. The highest BCUT2D eigenvalue weighted by atomic mass is 32.2. The lowest BCUT2D eigenvalue weighted by atomic mass is 9.88. The number of hydrogen-bond acceptors (Lipinski definition) is 1. The highest BCUT2D eigenvalue weighted by molar-refractivity contribution is 7.85. The Hall–Kier alpha value is -0.840. The van der Waals surface area contributed by atoms with Crippen molar-refractivity contribution in [1.82, 2.24) is 0 Å². The van der Waals surface area contributed by atoms with Crippen molar-refractivity contribution in [3.63, 3.8) is 0 Å². The Morgan fingerprint density at radius 1 is 1.39 bits per heavy atom. The second kappa shape index (κ2) is 5.43. The Morgan fingerprint density at radius 3 is 2.83 bits per heavy atom. The molecule has 0 saturated heterocycles. The van der Waals surface area contributed by atoms with E-state index in [2.05, 4.69) is 0 Å². The molecule has 2 unspecified atom stereocenters. The standard InChI is InChI=1S/C13H15F3OS/c14-11-4-1-5-12(7-11)18(17)9-10-3-2-6-13(15,16)8-10/h1,4-5,7,10H,2-3,6,8-9H2. The number of halogens is 3. The third kappa shape index (κ3) is 3.57. The Bertz CT molecular complexity index is 448. The van der Waals surface area contributed by atoms with Crippen LogP contribution in [0.4, 0.5) is 13.2 Å². The predicted molar refractivity (Wildman–Crippen MR) is 64.6 cm³/mol. The van der Waals surface area contributed by atoms with Crippen LogP contribution in [0.1, 0.15) is 25.7 Å². The van der Waals surface area contributed by atoms with E-state index in [1.165, 1.54) is 18.2 Å². The zero-order valence-corrected chi connectivity index (χ0v) is 10.7. The summed E-state index contributed by atoms with van der Waals surface area (Å²) in [7, 11) is -1.40. The molecule has 2 atom stereocenters. The maximum absolute atomic E-state index is 13.2. The van der Waals surface area contributed by atoms with Crippen molar-refractivity contribution in [3.05, 3.63) is 30.1 Å². The van der Waals surface area contributed by atoms with Crippen LogP contribution >= 0.6 is 0 Å². The van der Waals surface area contributed by atoms with Crippen molar-refractivity contribution in [2.45, 2.75) is 36.5 Å². The van der Waals surface area contributed by atoms with Gasteiger partial charge in [-0.05, 0) is 37.0 Å². The van der Waals surface area contributed by atoms with Gasteiger partial charge in [0.2, 0.25) is 5.92 Å². The van der Waals surface area contributed by atoms with Crippen molar-refractivity contribution in [1.29, 1.82) is 0 Å². The molecule has 18 heavy (non-hydrogen) atoms. The fourth-order valence-corrected chi connectivity index (χ4v) is 3.72. The van der Waals surface area contributed by atoms with E-state index in [1.54, 1.807) is 6.07 Å². The fraction of sp³-hybridized carbons (Fsp3) is 0.538. The van der Waals surface area contributed by atoms with Gasteiger partial charge in [0.15, 0.2) is 0 Å². The topological polar surface area (TPSA) is 17.1 Å². The highest BCUT2D eigenvalue weighted by Gasteiger charge is 2.36. The highest BCUT2D eigenvalue weighted by Crippen LogP contribution is 2.37. The number of benzene rings is 1. The molecule has 0 bridgehead atoms. The van der Waals surface area contributed by atoms with Crippen molar-refractivity contribution < 1.29 is 17.4 Å². The zero-order chi connectivity index (χ0) is 13.2. The molecule has 1 nitrogen and oxygen atoms in total. The van der Waals surface area contributed by atoms with E-state index >= 15 is 0 Å². The molecule has 0 heterocycles. The lowest BCUT2D eigenvalue weighted by Gasteiger charge is -2.28. The average Bonchev–Trinajstić information content (AvgIpc) is 2.27. The van der Waals surface area contributed by atoms with Gasteiger partial charge in [-0.1, -0.05) is 6.07 Å². The zero-order valence-electron chi connectivity index (χ0n) is 9.87. The van der Waals surface area contributed by atoms with Gasteiger partial charge in [0.05, 0.1) is 10.8 Å². The predicted octanol–water partition coefficient (Wildman–Crippen LogP) is 3.76. The summed E-state index contributed by atoms with van der Waals surface area (Å²) in [6.07, 6.45) is 0.874. The van der Waals surface area contributed by atoms with Crippen molar-refractivity contribution >= 4 is 10.8 Å². The largest absolute Gasteiger partial charge is 0.254 e. The molecular formula is C13H15F3OS. The second-order valence-corrected chi connectivity index (χ2v) is 6.28. The molecular weight excluding hydrogens is 261 g/mol. The van der Waals surface area contributed by atoms with Crippen molar-refractivity contribution in [2.24, 2.45) is 5.92 Å². The van der Waals surface area contributed by atoms with Gasteiger partial charge in [0.1, 0.15) is 5.82 Å². The van der Waals surface area contributed by atoms with E-state index in [4.69, 9.17) is 0 Å². The second-order valence-electron chi connectivity index (χ2n) is 4.79.